The van der Waals surface area contributed by atoms with Gasteiger partial charge in [0, 0.05) is 32.0 Å². The van der Waals surface area contributed by atoms with Crippen molar-refractivity contribution in [3.05, 3.63) is 0 Å². The van der Waals surface area contributed by atoms with E-state index in [1.54, 1.807) is 4.90 Å². The molecule has 0 saturated carbocycles. The molecule has 2 aliphatic rings. The quantitative estimate of drug-likeness (QED) is 0.807. The first-order chi connectivity index (χ1) is 9.76. The molecule has 2 amide bonds. The van der Waals surface area contributed by atoms with Crippen molar-refractivity contribution >= 4 is 12.0 Å². The third-order valence-corrected chi connectivity index (χ3v) is 4.52. The summed E-state index contributed by atoms with van der Waals surface area (Å²) in [5, 5.41) is 2.74. The molecule has 1 atom stereocenters. The van der Waals surface area contributed by atoms with E-state index in [1.807, 2.05) is 20.8 Å². The third-order valence-electron chi connectivity index (χ3n) is 4.52. The Hall–Kier alpha value is -1.33. The van der Waals surface area contributed by atoms with E-state index >= 15 is 0 Å². The molecule has 2 heterocycles. The van der Waals surface area contributed by atoms with Crippen molar-refractivity contribution < 1.29 is 18.7 Å². The number of nitrogens with zero attached hydrogens (tertiary/aromatic N) is 1. The maximum absolute atomic E-state index is 13.3. The first-order valence-corrected chi connectivity index (χ1v) is 7.56. The lowest BCUT2D eigenvalue weighted by Crippen LogP contribution is -2.54. The predicted molar refractivity (Wildman–Crippen MR) is 76.6 cm³/mol. The molecule has 0 aliphatic carbocycles. The Kier molecular flexibility index (Phi) is 4.44. The van der Waals surface area contributed by atoms with Crippen molar-refractivity contribution in [1.29, 1.82) is 0 Å². The molecule has 0 bridgehead atoms. The van der Waals surface area contributed by atoms with Crippen LogP contribution in [0.2, 0.25) is 0 Å². The van der Waals surface area contributed by atoms with Gasteiger partial charge in [0.05, 0.1) is 6.67 Å². The van der Waals surface area contributed by atoms with E-state index in [2.05, 4.69) is 5.32 Å². The van der Waals surface area contributed by atoms with Gasteiger partial charge in [0.25, 0.3) is 0 Å². The van der Waals surface area contributed by atoms with Gasteiger partial charge >= 0.3 is 6.09 Å². The molecule has 2 saturated heterocycles. The number of likely N-dealkylation sites (tertiary alicyclic amines) is 1. The Labute approximate surface area is 125 Å². The van der Waals surface area contributed by atoms with Gasteiger partial charge in [-0.1, -0.05) is 0 Å². The summed E-state index contributed by atoms with van der Waals surface area (Å²) in [6.07, 6.45) is 1.36. The lowest BCUT2D eigenvalue weighted by atomic mass is 9.65. The smallest absolute Gasteiger partial charge is 0.410 e. The summed E-state index contributed by atoms with van der Waals surface area (Å²) >= 11 is 0. The standard InChI is InChI=1S/C15H25FN2O3/c1-14(2,3)21-13(20)18-6-4-15(5-7-18)8-12(19)17-10-11(15)9-16/h11H,4-10H2,1-3H3,(H,17,19). The maximum atomic E-state index is 13.3. The van der Waals surface area contributed by atoms with Gasteiger partial charge in [-0.2, -0.15) is 0 Å². The van der Waals surface area contributed by atoms with Crippen molar-refractivity contribution in [3.63, 3.8) is 0 Å². The molecule has 0 aromatic rings. The third kappa shape index (κ3) is 3.66. The highest BCUT2D eigenvalue weighted by atomic mass is 19.1. The molecule has 2 rings (SSSR count). The van der Waals surface area contributed by atoms with Gasteiger partial charge in [0.1, 0.15) is 5.60 Å². The second-order valence-electron chi connectivity index (χ2n) is 7.16. The number of halogens is 1. The van der Waals surface area contributed by atoms with Crippen molar-refractivity contribution in [3.8, 4) is 0 Å². The van der Waals surface area contributed by atoms with Crippen LogP contribution in [0.4, 0.5) is 9.18 Å². The zero-order valence-corrected chi connectivity index (χ0v) is 13.1. The van der Waals surface area contributed by atoms with Gasteiger partial charge in [0.2, 0.25) is 5.91 Å². The molecular formula is C15H25FN2O3. The van der Waals surface area contributed by atoms with E-state index < -0.39 is 12.3 Å². The van der Waals surface area contributed by atoms with Gasteiger partial charge in [-0.25, -0.2) is 4.79 Å². The number of ether oxygens (including phenoxy) is 1. The predicted octanol–water partition coefficient (Wildman–Crippen LogP) is 2.11. The van der Waals surface area contributed by atoms with Gasteiger partial charge in [-0.15, -0.1) is 0 Å². The Morgan fingerprint density at radius 1 is 1.43 bits per heavy atom. The van der Waals surface area contributed by atoms with E-state index in [4.69, 9.17) is 4.74 Å². The van der Waals surface area contributed by atoms with Gasteiger partial charge in [0.15, 0.2) is 0 Å². The molecule has 1 unspecified atom stereocenters. The number of piperidine rings is 2. The van der Waals surface area contributed by atoms with Crippen molar-refractivity contribution in [2.75, 3.05) is 26.3 Å². The number of rotatable bonds is 1. The topological polar surface area (TPSA) is 58.6 Å². The van der Waals surface area contributed by atoms with Gasteiger partial charge < -0.3 is 15.0 Å². The molecule has 6 heteroatoms. The summed E-state index contributed by atoms with van der Waals surface area (Å²) < 4.78 is 18.6. The van der Waals surface area contributed by atoms with Crippen LogP contribution >= 0.6 is 0 Å². The molecule has 1 N–H and O–H groups in total. The number of hydrogen-bond donors (Lipinski definition) is 1. The van der Waals surface area contributed by atoms with Crippen molar-refractivity contribution in [2.24, 2.45) is 11.3 Å². The van der Waals surface area contributed by atoms with E-state index in [1.165, 1.54) is 0 Å². The van der Waals surface area contributed by atoms with Crippen molar-refractivity contribution in [2.45, 2.75) is 45.6 Å². The fourth-order valence-corrected chi connectivity index (χ4v) is 3.24. The zero-order valence-electron chi connectivity index (χ0n) is 13.1. The highest BCUT2D eigenvalue weighted by Gasteiger charge is 2.46. The highest BCUT2D eigenvalue weighted by Crippen LogP contribution is 2.44. The Morgan fingerprint density at radius 3 is 2.57 bits per heavy atom. The molecule has 120 valence electrons. The first kappa shape index (κ1) is 16.0. The second-order valence-corrected chi connectivity index (χ2v) is 7.16. The van der Waals surface area contributed by atoms with Crippen LogP contribution in [0.15, 0.2) is 0 Å². The second kappa shape index (κ2) is 5.81. The molecule has 5 nitrogen and oxygen atoms in total. The molecule has 2 aliphatic heterocycles. The minimum atomic E-state index is -0.515. The highest BCUT2D eigenvalue weighted by molar-refractivity contribution is 5.77. The molecule has 0 aromatic heterocycles. The lowest BCUT2D eigenvalue weighted by Gasteiger charge is -2.47. The molecule has 0 radical (unpaired) electrons. The van der Waals surface area contributed by atoms with E-state index in [0.717, 1.165) is 0 Å². The maximum Gasteiger partial charge on any atom is 0.410 e. The molecule has 1 spiro atoms. The normalized spacial score (nSPS) is 25.6. The summed E-state index contributed by atoms with van der Waals surface area (Å²) in [5.41, 5.74) is -0.811. The van der Waals surface area contributed by atoms with Crippen LogP contribution in [0.25, 0.3) is 0 Å². The summed E-state index contributed by atoms with van der Waals surface area (Å²) in [6.45, 7) is 6.54. The van der Waals surface area contributed by atoms with Crippen molar-refractivity contribution in [1.82, 2.24) is 10.2 Å². The number of alkyl halides is 1. The monoisotopic (exact) mass is 300 g/mol. The number of nitrogens with one attached hydrogen (secondary N) is 1. The number of carbonyl (C=O) groups excluding carboxylic acids is 2. The van der Waals surface area contributed by atoms with E-state index in [0.29, 0.717) is 38.9 Å². The molecule has 21 heavy (non-hydrogen) atoms. The summed E-state index contributed by atoms with van der Waals surface area (Å²) in [5.74, 6) is -0.151. The fraction of sp³-hybridized carbons (Fsp3) is 0.867. The SMILES string of the molecule is CC(C)(C)OC(=O)N1CCC2(CC1)CC(=O)NCC2CF. The average Bonchev–Trinajstić information content (AvgIpc) is 2.37. The zero-order chi connectivity index (χ0) is 15.7. The Morgan fingerprint density at radius 2 is 2.05 bits per heavy atom. The Bertz CT molecular complexity index is 412. The number of carbonyl (C=O) groups is 2. The van der Waals surface area contributed by atoms with Crippen LogP contribution in [0.5, 0.6) is 0 Å². The van der Waals surface area contributed by atoms with E-state index in [9.17, 15) is 14.0 Å². The van der Waals surface area contributed by atoms with Crippen LogP contribution in [0.1, 0.15) is 40.0 Å². The van der Waals surface area contributed by atoms with E-state index in [-0.39, 0.29) is 23.3 Å². The number of amides is 2. The van der Waals surface area contributed by atoms with Crippen LogP contribution in [-0.4, -0.2) is 48.8 Å². The lowest BCUT2D eigenvalue weighted by molar-refractivity contribution is -0.130. The fourth-order valence-electron chi connectivity index (χ4n) is 3.24. The minimum Gasteiger partial charge on any atom is -0.444 e. The Balaban J connectivity index is 1.98. The summed E-state index contributed by atoms with van der Waals surface area (Å²) in [4.78, 5) is 25.4. The average molecular weight is 300 g/mol. The van der Waals surface area contributed by atoms with Crippen LogP contribution in [0, 0.1) is 11.3 Å². The van der Waals surface area contributed by atoms with Gasteiger partial charge in [-0.3, -0.25) is 9.18 Å². The minimum absolute atomic E-state index is 0.00887. The van der Waals surface area contributed by atoms with Crippen LogP contribution < -0.4 is 5.32 Å². The summed E-state index contributed by atoms with van der Waals surface area (Å²) in [6, 6.07) is 0. The first-order valence-electron chi connectivity index (χ1n) is 7.56. The van der Waals surface area contributed by atoms with Crippen LogP contribution in [-0.2, 0) is 9.53 Å². The summed E-state index contributed by atoms with van der Waals surface area (Å²) in [7, 11) is 0. The molecule has 0 aromatic carbocycles. The largest absolute Gasteiger partial charge is 0.444 e. The number of hydrogen-bond acceptors (Lipinski definition) is 3. The van der Waals surface area contributed by atoms with Gasteiger partial charge in [-0.05, 0) is 39.0 Å². The molecule has 2 fully saturated rings. The molecular weight excluding hydrogens is 275 g/mol. The van der Waals surface area contributed by atoms with Crippen LogP contribution in [0.3, 0.4) is 0 Å².